The van der Waals surface area contributed by atoms with E-state index in [4.69, 9.17) is 5.73 Å². The van der Waals surface area contributed by atoms with Crippen molar-refractivity contribution >= 4 is 11.4 Å². The van der Waals surface area contributed by atoms with Crippen LogP contribution < -0.4 is 11.1 Å². The van der Waals surface area contributed by atoms with Crippen molar-refractivity contribution in [2.75, 3.05) is 17.6 Å². The lowest BCUT2D eigenvalue weighted by molar-refractivity contribution is 0.475. The molecule has 3 nitrogen and oxygen atoms in total. The molecule has 18 heavy (non-hydrogen) atoms. The number of phenolic OH excluding ortho intramolecular Hbond substituents is 1. The molecule has 0 bridgehead atoms. The minimum atomic E-state index is 0.306. The summed E-state index contributed by atoms with van der Waals surface area (Å²) < 4.78 is 0. The first-order chi connectivity index (χ1) is 8.65. The minimum absolute atomic E-state index is 0.306. The van der Waals surface area contributed by atoms with Crippen LogP contribution in [0.3, 0.4) is 0 Å². The summed E-state index contributed by atoms with van der Waals surface area (Å²) in [4.78, 5) is 0. The molecule has 0 aliphatic heterocycles. The zero-order valence-electron chi connectivity index (χ0n) is 10.5. The van der Waals surface area contributed by atoms with Gasteiger partial charge in [0.1, 0.15) is 5.75 Å². The van der Waals surface area contributed by atoms with Gasteiger partial charge in [0, 0.05) is 17.9 Å². The lowest BCUT2D eigenvalue weighted by atomic mass is 10.1. The normalized spacial score (nSPS) is 10.3. The van der Waals surface area contributed by atoms with Crippen molar-refractivity contribution in [2.24, 2.45) is 0 Å². The zero-order chi connectivity index (χ0) is 13.0. The van der Waals surface area contributed by atoms with Crippen LogP contribution >= 0.6 is 0 Å². The maximum absolute atomic E-state index is 9.19. The van der Waals surface area contributed by atoms with E-state index in [0.717, 1.165) is 29.9 Å². The first-order valence-electron chi connectivity index (χ1n) is 6.03. The Morgan fingerprint density at radius 2 is 1.83 bits per heavy atom. The molecule has 0 amide bonds. The third kappa shape index (κ3) is 3.17. The summed E-state index contributed by atoms with van der Waals surface area (Å²) in [7, 11) is 0. The molecule has 94 valence electrons. The molecule has 0 spiro atoms. The molecule has 2 aromatic carbocycles. The number of benzene rings is 2. The van der Waals surface area contributed by atoms with Crippen LogP contribution in [-0.2, 0) is 6.42 Å². The number of nitrogens with one attached hydrogen (secondary N) is 1. The van der Waals surface area contributed by atoms with Crippen LogP contribution in [0.1, 0.15) is 11.1 Å². The number of phenols is 1. The quantitative estimate of drug-likeness (QED) is 0.722. The van der Waals surface area contributed by atoms with Crippen LogP contribution in [0.2, 0.25) is 0 Å². The average molecular weight is 242 g/mol. The fraction of sp³-hybridized carbons (Fsp3) is 0.200. The standard InChI is InChI=1S/C15H18N2O/c1-11-10-13(4-7-15(11)16)17-9-8-12-2-5-14(18)6-3-12/h2-7,10,17-18H,8-9,16H2,1H3. The Bertz CT molecular complexity index is 521. The molecule has 0 saturated carbocycles. The second kappa shape index (κ2) is 5.45. The third-order valence-electron chi connectivity index (χ3n) is 2.95. The molecule has 0 aliphatic carbocycles. The average Bonchev–Trinajstić information content (AvgIpc) is 2.36. The van der Waals surface area contributed by atoms with Crippen molar-refractivity contribution in [3.8, 4) is 5.75 Å². The molecule has 0 fully saturated rings. The summed E-state index contributed by atoms with van der Waals surface area (Å²) in [5.74, 6) is 0.306. The van der Waals surface area contributed by atoms with Crippen molar-refractivity contribution in [1.29, 1.82) is 0 Å². The second-order valence-corrected chi connectivity index (χ2v) is 4.41. The summed E-state index contributed by atoms with van der Waals surface area (Å²) in [6.07, 6.45) is 0.920. The fourth-order valence-electron chi connectivity index (χ4n) is 1.80. The van der Waals surface area contributed by atoms with Gasteiger partial charge in [0.2, 0.25) is 0 Å². The number of hydrogen-bond donors (Lipinski definition) is 3. The van der Waals surface area contributed by atoms with Gasteiger partial charge in [-0.15, -0.1) is 0 Å². The second-order valence-electron chi connectivity index (χ2n) is 4.41. The Labute approximate surface area is 107 Å². The molecule has 4 N–H and O–H groups in total. The smallest absolute Gasteiger partial charge is 0.115 e. The Kier molecular flexibility index (Phi) is 3.72. The van der Waals surface area contributed by atoms with Crippen LogP contribution in [0.25, 0.3) is 0 Å². The number of nitrogens with two attached hydrogens (primary N) is 1. The van der Waals surface area contributed by atoms with Crippen LogP contribution in [0.4, 0.5) is 11.4 Å². The van der Waals surface area contributed by atoms with E-state index >= 15 is 0 Å². The van der Waals surface area contributed by atoms with E-state index in [-0.39, 0.29) is 0 Å². The summed E-state index contributed by atoms with van der Waals surface area (Å²) in [6.45, 7) is 2.86. The molecule has 0 aromatic heterocycles. The van der Waals surface area contributed by atoms with Gasteiger partial charge in [0.15, 0.2) is 0 Å². The summed E-state index contributed by atoms with van der Waals surface area (Å²) in [6, 6.07) is 13.2. The van der Waals surface area contributed by atoms with Gasteiger partial charge in [-0.05, 0) is 54.8 Å². The zero-order valence-corrected chi connectivity index (χ0v) is 10.5. The van der Waals surface area contributed by atoms with Gasteiger partial charge in [-0.3, -0.25) is 0 Å². The van der Waals surface area contributed by atoms with Gasteiger partial charge in [-0.25, -0.2) is 0 Å². The highest BCUT2D eigenvalue weighted by Crippen LogP contribution is 2.16. The molecule has 0 radical (unpaired) electrons. The number of rotatable bonds is 4. The predicted molar refractivity (Wildman–Crippen MR) is 75.9 cm³/mol. The van der Waals surface area contributed by atoms with Crippen LogP contribution in [0.5, 0.6) is 5.75 Å². The number of hydrogen-bond acceptors (Lipinski definition) is 3. The molecule has 0 unspecified atom stereocenters. The first kappa shape index (κ1) is 12.3. The fourth-order valence-corrected chi connectivity index (χ4v) is 1.80. The van der Waals surface area contributed by atoms with Gasteiger partial charge in [0.25, 0.3) is 0 Å². The predicted octanol–water partition coefficient (Wildman–Crippen LogP) is 2.94. The van der Waals surface area contributed by atoms with Crippen LogP contribution in [0.15, 0.2) is 42.5 Å². The number of aryl methyl sites for hydroxylation is 1. The van der Waals surface area contributed by atoms with Gasteiger partial charge >= 0.3 is 0 Å². The first-order valence-corrected chi connectivity index (χ1v) is 6.03. The largest absolute Gasteiger partial charge is 0.508 e. The van der Waals surface area contributed by atoms with Crippen molar-refractivity contribution in [3.05, 3.63) is 53.6 Å². The van der Waals surface area contributed by atoms with Crippen molar-refractivity contribution in [2.45, 2.75) is 13.3 Å². The van der Waals surface area contributed by atoms with E-state index < -0.39 is 0 Å². The van der Waals surface area contributed by atoms with E-state index in [2.05, 4.69) is 5.32 Å². The highest BCUT2D eigenvalue weighted by atomic mass is 16.3. The van der Waals surface area contributed by atoms with Gasteiger partial charge < -0.3 is 16.2 Å². The summed E-state index contributed by atoms with van der Waals surface area (Å²) >= 11 is 0. The molecule has 2 rings (SSSR count). The molecule has 3 heteroatoms. The Hall–Kier alpha value is -2.16. The van der Waals surface area contributed by atoms with E-state index in [1.54, 1.807) is 12.1 Å². The molecular weight excluding hydrogens is 224 g/mol. The van der Waals surface area contributed by atoms with Gasteiger partial charge in [-0.1, -0.05) is 12.1 Å². The SMILES string of the molecule is Cc1cc(NCCc2ccc(O)cc2)ccc1N. The van der Waals surface area contributed by atoms with Gasteiger partial charge in [-0.2, -0.15) is 0 Å². The monoisotopic (exact) mass is 242 g/mol. The van der Waals surface area contributed by atoms with E-state index in [1.807, 2.05) is 37.3 Å². The third-order valence-corrected chi connectivity index (χ3v) is 2.95. The highest BCUT2D eigenvalue weighted by Gasteiger charge is 1.97. The van der Waals surface area contributed by atoms with E-state index in [0.29, 0.717) is 5.75 Å². The molecular formula is C15H18N2O. The maximum Gasteiger partial charge on any atom is 0.115 e. The molecule has 2 aromatic rings. The van der Waals surface area contributed by atoms with E-state index in [9.17, 15) is 5.11 Å². The highest BCUT2D eigenvalue weighted by molar-refractivity contribution is 5.56. The van der Waals surface area contributed by atoms with E-state index in [1.165, 1.54) is 5.56 Å². The number of aromatic hydroxyl groups is 1. The van der Waals surface area contributed by atoms with Crippen molar-refractivity contribution in [1.82, 2.24) is 0 Å². The van der Waals surface area contributed by atoms with Crippen LogP contribution in [0, 0.1) is 6.92 Å². The number of anilines is 2. The molecule has 0 heterocycles. The maximum atomic E-state index is 9.19. The molecule has 0 atom stereocenters. The van der Waals surface area contributed by atoms with Crippen molar-refractivity contribution < 1.29 is 5.11 Å². The minimum Gasteiger partial charge on any atom is -0.508 e. The number of nitrogen functional groups attached to an aromatic ring is 1. The summed E-state index contributed by atoms with van der Waals surface area (Å²) in [5, 5.41) is 12.5. The molecule has 0 aliphatic rings. The topological polar surface area (TPSA) is 58.3 Å². The van der Waals surface area contributed by atoms with Gasteiger partial charge in [0.05, 0.1) is 0 Å². The van der Waals surface area contributed by atoms with Crippen molar-refractivity contribution in [3.63, 3.8) is 0 Å². The Morgan fingerprint density at radius 1 is 1.11 bits per heavy atom. The Morgan fingerprint density at radius 3 is 2.50 bits per heavy atom. The lowest BCUT2D eigenvalue weighted by Gasteiger charge is -2.08. The lowest BCUT2D eigenvalue weighted by Crippen LogP contribution is -2.05. The molecule has 0 saturated heterocycles. The van der Waals surface area contributed by atoms with Crippen LogP contribution in [-0.4, -0.2) is 11.7 Å². The summed E-state index contributed by atoms with van der Waals surface area (Å²) in [5.41, 5.74) is 9.96. The Balaban J connectivity index is 1.88.